The SMILES string of the molecule is COc1ccc(S(=O)(=O)N/N=C\c2cc([N+](=O)[O-])ccc2O)cc1. The fourth-order valence-electron chi connectivity index (χ4n) is 1.73. The van der Waals surface area contributed by atoms with Crippen molar-refractivity contribution in [3.63, 3.8) is 0 Å². The first kappa shape index (κ1) is 17.2. The molecule has 126 valence electrons. The highest BCUT2D eigenvalue weighted by Gasteiger charge is 2.13. The molecule has 0 bridgehead atoms. The molecule has 0 aliphatic carbocycles. The molecule has 0 radical (unpaired) electrons. The van der Waals surface area contributed by atoms with E-state index in [-0.39, 0.29) is 21.9 Å². The largest absolute Gasteiger partial charge is 0.507 e. The van der Waals surface area contributed by atoms with E-state index in [4.69, 9.17) is 4.74 Å². The molecule has 2 aromatic rings. The van der Waals surface area contributed by atoms with Crippen LogP contribution in [0.2, 0.25) is 0 Å². The van der Waals surface area contributed by atoms with Gasteiger partial charge in [-0.05, 0) is 30.3 Å². The monoisotopic (exact) mass is 351 g/mol. The van der Waals surface area contributed by atoms with Crippen LogP contribution < -0.4 is 9.57 Å². The van der Waals surface area contributed by atoms with Crippen molar-refractivity contribution in [1.82, 2.24) is 4.83 Å². The molecule has 0 amide bonds. The number of ether oxygens (including phenoxy) is 1. The number of methoxy groups -OCH3 is 1. The highest BCUT2D eigenvalue weighted by molar-refractivity contribution is 7.89. The average Bonchev–Trinajstić information content (AvgIpc) is 2.56. The number of rotatable bonds is 6. The molecule has 10 heteroatoms. The van der Waals surface area contributed by atoms with Crippen LogP contribution in [0, 0.1) is 10.1 Å². The second-order valence-electron chi connectivity index (χ2n) is 4.53. The molecule has 24 heavy (non-hydrogen) atoms. The Morgan fingerprint density at radius 2 is 1.92 bits per heavy atom. The summed E-state index contributed by atoms with van der Waals surface area (Å²) in [6, 6.07) is 8.94. The van der Waals surface area contributed by atoms with Gasteiger partial charge in [-0.25, -0.2) is 4.83 Å². The smallest absolute Gasteiger partial charge is 0.276 e. The molecule has 0 atom stereocenters. The van der Waals surface area contributed by atoms with Crippen LogP contribution in [0.15, 0.2) is 52.5 Å². The van der Waals surface area contributed by atoms with Crippen molar-refractivity contribution in [3.05, 3.63) is 58.1 Å². The lowest BCUT2D eigenvalue weighted by Gasteiger charge is -2.05. The number of nitrogens with zero attached hydrogens (tertiary/aromatic N) is 2. The number of hydrazone groups is 1. The van der Waals surface area contributed by atoms with Gasteiger partial charge < -0.3 is 9.84 Å². The first-order chi connectivity index (χ1) is 11.3. The summed E-state index contributed by atoms with van der Waals surface area (Å²) in [4.78, 5) is 12.0. The van der Waals surface area contributed by atoms with Crippen LogP contribution in [0.1, 0.15) is 5.56 Å². The first-order valence-electron chi connectivity index (χ1n) is 6.50. The van der Waals surface area contributed by atoms with Crippen molar-refractivity contribution in [1.29, 1.82) is 0 Å². The van der Waals surface area contributed by atoms with E-state index in [0.717, 1.165) is 24.4 Å². The van der Waals surface area contributed by atoms with Gasteiger partial charge in [0, 0.05) is 17.7 Å². The van der Waals surface area contributed by atoms with Gasteiger partial charge in [-0.15, -0.1) is 0 Å². The quantitative estimate of drug-likeness (QED) is 0.462. The summed E-state index contributed by atoms with van der Waals surface area (Å²) in [5.41, 5.74) is -0.256. The lowest BCUT2D eigenvalue weighted by molar-refractivity contribution is -0.384. The van der Waals surface area contributed by atoms with Crippen molar-refractivity contribution < 1.29 is 23.2 Å². The molecule has 0 aliphatic rings. The summed E-state index contributed by atoms with van der Waals surface area (Å²) < 4.78 is 29.0. The van der Waals surface area contributed by atoms with E-state index in [2.05, 4.69) is 5.10 Å². The van der Waals surface area contributed by atoms with Gasteiger partial charge in [-0.2, -0.15) is 13.5 Å². The molecule has 9 nitrogen and oxygen atoms in total. The molecular weight excluding hydrogens is 338 g/mol. The van der Waals surface area contributed by atoms with E-state index in [1.165, 1.54) is 31.4 Å². The zero-order valence-corrected chi connectivity index (χ0v) is 13.2. The molecule has 2 rings (SSSR count). The summed E-state index contributed by atoms with van der Waals surface area (Å²) in [6.45, 7) is 0. The minimum atomic E-state index is -3.91. The van der Waals surface area contributed by atoms with Gasteiger partial charge in [0.1, 0.15) is 11.5 Å². The van der Waals surface area contributed by atoms with Gasteiger partial charge in [-0.3, -0.25) is 10.1 Å². The van der Waals surface area contributed by atoms with Gasteiger partial charge >= 0.3 is 0 Å². The van der Waals surface area contributed by atoms with Crippen molar-refractivity contribution in [2.45, 2.75) is 4.90 Å². The minimum absolute atomic E-state index is 0.00151. The maximum Gasteiger partial charge on any atom is 0.276 e. The third-order valence-corrected chi connectivity index (χ3v) is 4.21. The molecule has 0 aliphatic heterocycles. The van der Waals surface area contributed by atoms with Gasteiger partial charge in [-0.1, -0.05) is 0 Å². The number of aromatic hydroxyl groups is 1. The second-order valence-corrected chi connectivity index (χ2v) is 6.19. The summed E-state index contributed by atoms with van der Waals surface area (Å²) in [5, 5.41) is 23.8. The van der Waals surface area contributed by atoms with Gasteiger partial charge in [0.25, 0.3) is 15.7 Å². The Hall–Kier alpha value is -3.14. The molecular formula is C14H13N3O6S. The van der Waals surface area contributed by atoms with Crippen LogP contribution in [0.3, 0.4) is 0 Å². The highest BCUT2D eigenvalue weighted by Crippen LogP contribution is 2.21. The predicted octanol–water partition coefficient (Wildman–Crippen LogP) is 1.62. The minimum Gasteiger partial charge on any atom is -0.507 e. The number of non-ortho nitro benzene ring substituents is 1. The number of benzene rings is 2. The molecule has 0 aromatic heterocycles. The normalized spacial score (nSPS) is 11.4. The first-order valence-corrected chi connectivity index (χ1v) is 7.98. The number of sulfonamides is 1. The van der Waals surface area contributed by atoms with Crippen LogP contribution >= 0.6 is 0 Å². The summed E-state index contributed by atoms with van der Waals surface area (Å²) in [6.07, 6.45) is 0.976. The van der Waals surface area contributed by atoms with Crippen molar-refractivity contribution in [2.75, 3.05) is 7.11 Å². The van der Waals surface area contributed by atoms with Gasteiger partial charge in [0.15, 0.2) is 0 Å². The molecule has 0 unspecified atom stereocenters. The van der Waals surface area contributed by atoms with E-state index < -0.39 is 14.9 Å². The number of nitro groups is 1. The van der Waals surface area contributed by atoms with E-state index in [1.807, 2.05) is 4.83 Å². The highest BCUT2D eigenvalue weighted by atomic mass is 32.2. The Bertz CT molecular complexity index is 878. The summed E-state index contributed by atoms with van der Waals surface area (Å²) in [5.74, 6) is 0.229. The van der Waals surface area contributed by atoms with Crippen molar-refractivity contribution in [2.24, 2.45) is 5.10 Å². The van der Waals surface area contributed by atoms with E-state index in [1.54, 1.807) is 0 Å². The fraction of sp³-hybridized carbons (Fsp3) is 0.0714. The number of phenolic OH excluding ortho intramolecular Hbond substituents is 1. The fourth-order valence-corrected chi connectivity index (χ4v) is 2.52. The summed E-state index contributed by atoms with van der Waals surface area (Å²) in [7, 11) is -2.46. The van der Waals surface area contributed by atoms with Crippen LogP contribution in [0.4, 0.5) is 5.69 Å². The zero-order chi connectivity index (χ0) is 17.7. The van der Waals surface area contributed by atoms with E-state index in [0.29, 0.717) is 5.75 Å². The van der Waals surface area contributed by atoms with Gasteiger partial charge in [0.05, 0.1) is 23.1 Å². The van der Waals surface area contributed by atoms with Gasteiger partial charge in [0.2, 0.25) is 0 Å². The number of nitro benzene ring substituents is 1. The summed E-state index contributed by atoms with van der Waals surface area (Å²) >= 11 is 0. The molecule has 2 N–H and O–H groups in total. The Balaban J connectivity index is 2.18. The molecule has 0 fully saturated rings. The Morgan fingerprint density at radius 3 is 2.50 bits per heavy atom. The van der Waals surface area contributed by atoms with Crippen LogP contribution in [-0.2, 0) is 10.0 Å². The molecule has 0 saturated carbocycles. The maximum atomic E-state index is 12.0. The third-order valence-electron chi connectivity index (χ3n) is 2.97. The number of phenols is 1. The van der Waals surface area contributed by atoms with E-state index >= 15 is 0 Å². The number of hydrogen-bond donors (Lipinski definition) is 2. The Kier molecular flexibility index (Phi) is 4.99. The molecule has 0 heterocycles. The van der Waals surface area contributed by atoms with E-state index in [9.17, 15) is 23.6 Å². The molecule has 0 saturated heterocycles. The van der Waals surface area contributed by atoms with Crippen LogP contribution in [-0.4, -0.2) is 31.8 Å². The predicted molar refractivity (Wildman–Crippen MR) is 85.7 cm³/mol. The number of hydrogen-bond acceptors (Lipinski definition) is 7. The van der Waals surface area contributed by atoms with Crippen LogP contribution in [0.25, 0.3) is 0 Å². The Morgan fingerprint density at radius 1 is 1.25 bits per heavy atom. The lowest BCUT2D eigenvalue weighted by atomic mass is 10.2. The maximum absolute atomic E-state index is 12.0. The van der Waals surface area contributed by atoms with Crippen molar-refractivity contribution >= 4 is 21.9 Å². The molecule has 0 spiro atoms. The number of nitrogens with one attached hydrogen (secondary N) is 1. The zero-order valence-electron chi connectivity index (χ0n) is 12.4. The van der Waals surface area contributed by atoms with Crippen molar-refractivity contribution in [3.8, 4) is 11.5 Å². The molecule has 2 aromatic carbocycles. The lowest BCUT2D eigenvalue weighted by Crippen LogP contribution is -2.18. The standard InChI is InChI=1S/C14H13N3O6S/c1-23-12-3-5-13(6-4-12)24(21,22)16-15-9-10-8-11(17(19)20)2-7-14(10)18/h2-9,16,18H,1H3/b15-9-. The Labute approximate surface area is 137 Å². The second kappa shape index (κ2) is 6.96. The topological polar surface area (TPSA) is 131 Å². The average molecular weight is 351 g/mol. The third kappa shape index (κ3) is 3.98. The van der Waals surface area contributed by atoms with Crippen LogP contribution in [0.5, 0.6) is 11.5 Å².